The Bertz CT molecular complexity index is 561. The lowest BCUT2D eigenvalue weighted by molar-refractivity contribution is 0.389. The molecule has 1 rings (SSSR count). The second-order valence-electron chi connectivity index (χ2n) is 3.51. The van der Waals surface area contributed by atoms with Gasteiger partial charge in [-0.3, -0.25) is 5.41 Å². The second-order valence-corrected chi connectivity index (χ2v) is 4.30. The Morgan fingerprint density at radius 3 is 2.05 bits per heavy atom. The van der Waals surface area contributed by atoms with Crippen LogP contribution in [0, 0.1) is 16.7 Å². The Morgan fingerprint density at radius 1 is 1.26 bits per heavy atom. The normalized spacial score (nSPS) is 9.37. The van der Waals surface area contributed by atoms with Crippen molar-refractivity contribution in [1.29, 1.82) is 10.7 Å². The van der Waals surface area contributed by atoms with Crippen molar-refractivity contribution in [2.24, 2.45) is 11.5 Å². The lowest BCUT2D eigenvalue weighted by Crippen LogP contribution is -2.17. The first-order valence-corrected chi connectivity index (χ1v) is 5.91. The minimum absolute atomic E-state index is 0.0911. The van der Waals surface area contributed by atoms with Gasteiger partial charge in [0.1, 0.15) is 33.4 Å². The first-order chi connectivity index (χ1) is 8.96. The zero-order valence-electron chi connectivity index (χ0n) is 10.5. The molecule has 0 unspecified atom stereocenters. The largest absolute Gasteiger partial charge is 0.495 e. The number of nitrogens with two attached hydrogens (primary N) is 2. The maximum atomic E-state index is 8.96. The minimum atomic E-state index is -0.201. The summed E-state index contributed by atoms with van der Waals surface area (Å²) >= 11 is 3.32. The highest BCUT2D eigenvalue weighted by Crippen LogP contribution is 2.36. The van der Waals surface area contributed by atoms with Crippen LogP contribution in [0.4, 0.5) is 0 Å². The lowest BCUT2D eigenvalue weighted by atomic mass is 10.0. The van der Waals surface area contributed by atoms with Crippen LogP contribution >= 0.6 is 15.9 Å². The van der Waals surface area contributed by atoms with E-state index >= 15 is 0 Å². The lowest BCUT2D eigenvalue weighted by Gasteiger charge is -2.12. The van der Waals surface area contributed by atoms with Crippen LogP contribution in [0.15, 0.2) is 28.0 Å². The van der Waals surface area contributed by atoms with E-state index in [-0.39, 0.29) is 17.1 Å². The molecule has 6 nitrogen and oxygen atoms in total. The van der Waals surface area contributed by atoms with Crippen molar-refractivity contribution in [2.45, 2.75) is 0 Å². The molecule has 0 saturated heterocycles. The molecule has 0 radical (unpaired) electrons. The van der Waals surface area contributed by atoms with Gasteiger partial charge in [-0.25, -0.2) is 0 Å². The Kier molecular flexibility index (Phi) is 4.78. The van der Waals surface area contributed by atoms with Gasteiger partial charge in [-0.15, -0.1) is 0 Å². The summed E-state index contributed by atoms with van der Waals surface area (Å²) in [6, 6.07) is 4.99. The number of nitrogens with one attached hydrogen (secondary N) is 1. The zero-order chi connectivity index (χ0) is 14.6. The van der Waals surface area contributed by atoms with Gasteiger partial charge in [0.2, 0.25) is 0 Å². The molecule has 0 amide bonds. The fourth-order valence-electron chi connectivity index (χ4n) is 1.42. The molecule has 0 aliphatic carbocycles. The summed E-state index contributed by atoms with van der Waals surface area (Å²) in [6.45, 7) is 0. The topological polar surface area (TPSA) is 118 Å². The van der Waals surface area contributed by atoms with Gasteiger partial charge in [0, 0.05) is 5.56 Å². The van der Waals surface area contributed by atoms with Crippen LogP contribution in [-0.2, 0) is 0 Å². The first-order valence-electron chi connectivity index (χ1n) is 5.12. The van der Waals surface area contributed by atoms with Crippen LogP contribution in [0.25, 0.3) is 0 Å². The molecule has 0 aliphatic heterocycles. The minimum Gasteiger partial charge on any atom is -0.495 e. The molecule has 5 N–H and O–H groups in total. The van der Waals surface area contributed by atoms with E-state index in [9.17, 15) is 0 Å². The monoisotopic (exact) mass is 324 g/mol. The standard InChI is InChI=1S/C12H13BrN4O2/c1-18-8-3-6(4-9(19-2)10(8)13)11(15)7(5-14)12(16)17/h3-4,15H,16-17H2,1-2H3. The fraction of sp³-hybridized carbons (Fsp3) is 0.167. The maximum Gasteiger partial charge on any atom is 0.137 e. The predicted molar refractivity (Wildman–Crippen MR) is 75.1 cm³/mol. The molecule has 100 valence electrons. The number of halogens is 1. The third-order valence-electron chi connectivity index (χ3n) is 2.38. The Hall–Kier alpha value is -2.20. The second kappa shape index (κ2) is 6.11. The number of rotatable bonds is 4. The third kappa shape index (κ3) is 2.98. The average molecular weight is 325 g/mol. The summed E-state index contributed by atoms with van der Waals surface area (Å²) in [7, 11) is 2.98. The van der Waals surface area contributed by atoms with E-state index < -0.39 is 0 Å². The van der Waals surface area contributed by atoms with E-state index in [0.29, 0.717) is 21.5 Å². The summed E-state index contributed by atoms with van der Waals surface area (Å²) in [5.41, 5.74) is 11.0. The van der Waals surface area contributed by atoms with Gasteiger partial charge in [0.05, 0.1) is 19.9 Å². The van der Waals surface area contributed by atoms with Gasteiger partial charge >= 0.3 is 0 Å². The van der Waals surface area contributed by atoms with Crippen molar-refractivity contribution in [3.8, 4) is 17.6 Å². The van der Waals surface area contributed by atoms with Gasteiger partial charge in [0.15, 0.2) is 0 Å². The molecule has 0 aromatic heterocycles. The number of hydrogen-bond acceptors (Lipinski definition) is 6. The summed E-state index contributed by atoms with van der Waals surface area (Å²) in [6.07, 6.45) is 0. The van der Waals surface area contributed by atoms with Crippen molar-refractivity contribution in [3.05, 3.63) is 33.6 Å². The number of hydrogen-bond donors (Lipinski definition) is 3. The van der Waals surface area contributed by atoms with Gasteiger partial charge < -0.3 is 20.9 Å². The molecule has 0 aliphatic rings. The Morgan fingerprint density at radius 2 is 1.74 bits per heavy atom. The van der Waals surface area contributed by atoms with E-state index in [1.165, 1.54) is 14.2 Å². The first kappa shape index (κ1) is 14.9. The maximum absolute atomic E-state index is 8.96. The van der Waals surface area contributed by atoms with Crippen LogP contribution in [-0.4, -0.2) is 19.9 Å². The van der Waals surface area contributed by atoms with Crippen molar-refractivity contribution >= 4 is 21.6 Å². The summed E-state index contributed by atoms with van der Waals surface area (Å²) in [5, 5.41) is 16.9. The molecule has 0 atom stereocenters. The average Bonchev–Trinajstić information content (AvgIpc) is 2.39. The van der Waals surface area contributed by atoms with Crippen molar-refractivity contribution in [1.82, 2.24) is 0 Å². The third-order valence-corrected chi connectivity index (χ3v) is 3.17. The van der Waals surface area contributed by atoms with E-state index in [4.69, 9.17) is 31.6 Å². The molecule has 1 aromatic carbocycles. The molecule has 7 heteroatoms. The SMILES string of the molecule is COc1cc(C(=N)C(C#N)=C(N)N)cc(OC)c1Br. The number of methoxy groups -OCH3 is 2. The molecule has 0 spiro atoms. The molecular formula is C12H13BrN4O2. The van der Waals surface area contributed by atoms with Crippen LogP contribution in [0.5, 0.6) is 11.5 Å². The van der Waals surface area contributed by atoms with Gasteiger partial charge in [-0.2, -0.15) is 5.26 Å². The number of benzene rings is 1. The quantitative estimate of drug-likeness (QED) is 0.572. The summed E-state index contributed by atoms with van der Waals surface area (Å²) in [4.78, 5) is 0. The Balaban J connectivity index is 3.41. The van der Waals surface area contributed by atoms with Crippen LogP contribution in [0.3, 0.4) is 0 Å². The van der Waals surface area contributed by atoms with Crippen molar-refractivity contribution in [2.75, 3.05) is 14.2 Å². The van der Waals surface area contributed by atoms with Crippen molar-refractivity contribution < 1.29 is 9.47 Å². The zero-order valence-corrected chi connectivity index (χ0v) is 12.0. The van der Waals surface area contributed by atoms with Gasteiger partial charge in [-0.05, 0) is 28.1 Å². The van der Waals surface area contributed by atoms with E-state index in [0.717, 1.165) is 0 Å². The highest BCUT2D eigenvalue weighted by Gasteiger charge is 2.16. The smallest absolute Gasteiger partial charge is 0.137 e. The van der Waals surface area contributed by atoms with Crippen LogP contribution in [0.1, 0.15) is 5.56 Å². The highest BCUT2D eigenvalue weighted by atomic mass is 79.9. The molecule has 19 heavy (non-hydrogen) atoms. The van der Waals surface area contributed by atoms with E-state index in [2.05, 4.69) is 15.9 Å². The molecular weight excluding hydrogens is 312 g/mol. The summed E-state index contributed by atoms with van der Waals surface area (Å²) < 4.78 is 11.0. The van der Waals surface area contributed by atoms with Gasteiger partial charge in [0.25, 0.3) is 0 Å². The molecule has 0 heterocycles. The number of nitrogens with zero attached hydrogens (tertiary/aromatic N) is 1. The number of allylic oxidation sites excluding steroid dienone is 1. The molecule has 0 saturated carbocycles. The molecule has 1 aromatic rings. The highest BCUT2D eigenvalue weighted by molar-refractivity contribution is 9.10. The van der Waals surface area contributed by atoms with E-state index in [1.807, 2.05) is 0 Å². The number of ether oxygens (including phenoxy) is 2. The van der Waals surface area contributed by atoms with Crippen LogP contribution in [0.2, 0.25) is 0 Å². The van der Waals surface area contributed by atoms with E-state index in [1.54, 1.807) is 18.2 Å². The molecule has 0 bridgehead atoms. The summed E-state index contributed by atoms with van der Waals surface area (Å²) in [5.74, 6) is 0.757. The van der Waals surface area contributed by atoms with Gasteiger partial charge in [-0.1, -0.05) is 0 Å². The van der Waals surface area contributed by atoms with Crippen LogP contribution < -0.4 is 20.9 Å². The Labute approximate surface area is 119 Å². The fourth-order valence-corrected chi connectivity index (χ4v) is 1.98. The van der Waals surface area contributed by atoms with Crippen molar-refractivity contribution in [3.63, 3.8) is 0 Å². The predicted octanol–water partition coefficient (Wildman–Crippen LogP) is 1.49. The number of nitriles is 1. The molecule has 0 fully saturated rings.